The van der Waals surface area contributed by atoms with Crippen molar-refractivity contribution in [2.24, 2.45) is 0 Å². The van der Waals surface area contributed by atoms with Gasteiger partial charge in [-0.3, -0.25) is 9.59 Å². The predicted octanol–water partition coefficient (Wildman–Crippen LogP) is -0.0359. The molecule has 1 rings (SSSR count). The maximum atomic E-state index is 10.6. The van der Waals surface area contributed by atoms with Crippen LogP contribution >= 0.6 is 15.9 Å². The van der Waals surface area contributed by atoms with Gasteiger partial charge in [-0.2, -0.15) is 0 Å². The molecule has 0 saturated heterocycles. The van der Waals surface area contributed by atoms with Crippen LogP contribution in [0.3, 0.4) is 0 Å². The molecule has 0 radical (unpaired) electrons. The van der Waals surface area contributed by atoms with E-state index in [0.29, 0.717) is 4.48 Å². The van der Waals surface area contributed by atoms with E-state index in [2.05, 4.69) is 21.2 Å². The molecule has 0 aromatic heterocycles. The summed E-state index contributed by atoms with van der Waals surface area (Å²) in [6.07, 6.45) is 1.28. The fourth-order valence-electron chi connectivity index (χ4n) is 0.510. The second-order valence-corrected chi connectivity index (χ2v) is 2.50. The lowest BCUT2D eigenvalue weighted by atomic mass is 10.3. The van der Waals surface area contributed by atoms with Gasteiger partial charge in [0.1, 0.15) is 0 Å². The Balaban J connectivity index is 2.84. The Bertz CT molecular complexity index is 197. The van der Waals surface area contributed by atoms with E-state index >= 15 is 0 Å². The van der Waals surface area contributed by atoms with Crippen molar-refractivity contribution < 1.29 is 9.59 Å². The van der Waals surface area contributed by atoms with Crippen LogP contribution in [0.2, 0.25) is 0 Å². The number of carbonyl (C=O) groups excluding carboxylic acids is 2. The molecule has 0 atom stereocenters. The molecule has 0 aromatic carbocycles. The molecule has 0 aliphatic carbocycles. The van der Waals surface area contributed by atoms with Crippen LogP contribution in [0.4, 0.5) is 0 Å². The van der Waals surface area contributed by atoms with E-state index in [1.165, 1.54) is 6.08 Å². The number of hydrogen-bond acceptors (Lipinski definition) is 2. The van der Waals surface area contributed by atoms with Gasteiger partial charge in [-0.25, -0.2) is 0 Å². The summed E-state index contributed by atoms with van der Waals surface area (Å²) in [6, 6.07) is 0. The maximum absolute atomic E-state index is 10.6. The smallest absolute Gasteiger partial charge is 0.258 e. The van der Waals surface area contributed by atoms with Crippen molar-refractivity contribution in [1.29, 1.82) is 0 Å². The molecule has 1 aliphatic heterocycles. The minimum absolute atomic E-state index is 0.0820. The first-order chi connectivity index (χ1) is 4.20. The predicted molar refractivity (Wildman–Crippen MR) is 35.0 cm³/mol. The average Bonchev–Trinajstić information content (AvgIpc) is 1.80. The van der Waals surface area contributed by atoms with Crippen molar-refractivity contribution in [3.63, 3.8) is 0 Å². The normalized spacial score (nSPS) is 19.0. The molecule has 3 nitrogen and oxygen atoms in total. The number of nitrogens with one attached hydrogen (secondary N) is 1. The molecule has 48 valence electrons. The molecule has 0 bridgehead atoms. The largest absolute Gasteiger partial charge is 0.344 e. The zero-order valence-electron chi connectivity index (χ0n) is 4.48. The van der Waals surface area contributed by atoms with Crippen LogP contribution < -0.4 is 5.32 Å². The molecule has 0 saturated carbocycles. The third kappa shape index (κ3) is 1.38. The summed E-state index contributed by atoms with van der Waals surface area (Å²) in [4.78, 5) is 21.1. The molecule has 4 heteroatoms. The van der Waals surface area contributed by atoms with Crippen molar-refractivity contribution in [1.82, 2.24) is 5.32 Å². The molecular weight excluding hydrogens is 186 g/mol. The number of rotatable bonds is 0. The SMILES string of the molecule is O=C1C=C(Br)C(=O)NC1. The molecule has 1 N–H and O–H groups in total. The van der Waals surface area contributed by atoms with Gasteiger partial charge in [0.05, 0.1) is 11.0 Å². The van der Waals surface area contributed by atoms with Gasteiger partial charge < -0.3 is 5.32 Å². The Morgan fingerprint density at radius 2 is 2.22 bits per heavy atom. The van der Waals surface area contributed by atoms with E-state index in [-0.39, 0.29) is 18.2 Å². The summed E-state index contributed by atoms with van der Waals surface area (Å²) < 4.78 is 0.304. The first kappa shape index (κ1) is 6.48. The van der Waals surface area contributed by atoms with E-state index in [9.17, 15) is 9.59 Å². The van der Waals surface area contributed by atoms with Crippen molar-refractivity contribution in [2.75, 3.05) is 6.54 Å². The molecular formula is C5H4BrNO2. The van der Waals surface area contributed by atoms with E-state index < -0.39 is 0 Å². The number of carbonyl (C=O) groups is 2. The molecule has 0 spiro atoms. The summed E-state index contributed by atoms with van der Waals surface area (Å²) in [7, 11) is 0. The molecule has 1 heterocycles. The van der Waals surface area contributed by atoms with Crippen LogP contribution in [0.25, 0.3) is 0 Å². The van der Waals surface area contributed by atoms with E-state index in [4.69, 9.17) is 0 Å². The van der Waals surface area contributed by atoms with Crippen molar-refractivity contribution in [3.05, 3.63) is 10.6 Å². The fourth-order valence-corrected chi connectivity index (χ4v) is 0.905. The monoisotopic (exact) mass is 189 g/mol. The lowest BCUT2D eigenvalue weighted by molar-refractivity contribution is -0.122. The number of amides is 1. The highest BCUT2D eigenvalue weighted by Gasteiger charge is 2.13. The molecule has 1 amide bonds. The Morgan fingerprint density at radius 1 is 1.56 bits per heavy atom. The van der Waals surface area contributed by atoms with Crippen LogP contribution in [0.15, 0.2) is 10.6 Å². The van der Waals surface area contributed by atoms with Crippen molar-refractivity contribution in [3.8, 4) is 0 Å². The van der Waals surface area contributed by atoms with Crippen LogP contribution in [0.1, 0.15) is 0 Å². The lowest BCUT2D eigenvalue weighted by Crippen LogP contribution is -2.33. The summed E-state index contributed by atoms with van der Waals surface area (Å²) in [6.45, 7) is 0.119. The van der Waals surface area contributed by atoms with E-state index in [1.54, 1.807) is 0 Å². The Labute approximate surface area is 60.2 Å². The van der Waals surface area contributed by atoms with Gasteiger partial charge in [-0.05, 0) is 15.9 Å². The van der Waals surface area contributed by atoms with E-state index in [1.807, 2.05) is 0 Å². The second-order valence-electron chi connectivity index (χ2n) is 1.64. The van der Waals surface area contributed by atoms with Gasteiger partial charge in [0, 0.05) is 6.08 Å². The van der Waals surface area contributed by atoms with Crippen molar-refractivity contribution in [2.45, 2.75) is 0 Å². The first-order valence-electron chi connectivity index (χ1n) is 2.38. The Hall–Kier alpha value is -0.640. The Morgan fingerprint density at radius 3 is 2.67 bits per heavy atom. The van der Waals surface area contributed by atoms with Gasteiger partial charge in [0.25, 0.3) is 5.91 Å². The second kappa shape index (κ2) is 2.31. The number of halogens is 1. The standard InChI is InChI=1S/C5H4BrNO2/c6-4-1-3(8)2-7-5(4)9/h1H,2H2,(H,7,9). The van der Waals surface area contributed by atoms with Crippen LogP contribution in [0.5, 0.6) is 0 Å². The average molecular weight is 190 g/mol. The maximum Gasteiger partial charge on any atom is 0.258 e. The van der Waals surface area contributed by atoms with E-state index in [0.717, 1.165) is 0 Å². The first-order valence-corrected chi connectivity index (χ1v) is 3.17. The minimum atomic E-state index is -0.227. The van der Waals surface area contributed by atoms with Crippen LogP contribution in [-0.2, 0) is 9.59 Å². The highest BCUT2D eigenvalue weighted by Crippen LogP contribution is 2.06. The molecule has 1 aliphatic rings. The van der Waals surface area contributed by atoms with Gasteiger partial charge >= 0.3 is 0 Å². The third-order valence-electron chi connectivity index (χ3n) is 0.928. The summed E-state index contributed by atoms with van der Waals surface area (Å²) in [5, 5.41) is 2.38. The molecule has 0 fully saturated rings. The van der Waals surface area contributed by atoms with Gasteiger partial charge in [0.2, 0.25) is 0 Å². The van der Waals surface area contributed by atoms with Gasteiger partial charge in [-0.1, -0.05) is 0 Å². The zero-order valence-corrected chi connectivity index (χ0v) is 6.06. The molecule has 0 aromatic rings. The van der Waals surface area contributed by atoms with Gasteiger partial charge in [-0.15, -0.1) is 0 Å². The molecule has 0 unspecified atom stereocenters. The molecule has 9 heavy (non-hydrogen) atoms. The Kier molecular flexibility index (Phi) is 1.66. The zero-order chi connectivity index (χ0) is 6.85. The van der Waals surface area contributed by atoms with Crippen molar-refractivity contribution >= 4 is 27.6 Å². The quantitative estimate of drug-likeness (QED) is 0.582. The summed E-state index contributed by atoms with van der Waals surface area (Å²) in [5.74, 6) is -0.309. The van der Waals surface area contributed by atoms with Crippen LogP contribution in [0, 0.1) is 0 Å². The highest BCUT2D eigenvalue weighted by molar-refractivity contribution is 9.12. The fraction of sp³-hybridized carbons (Fsp3) is 0.200. The minimum Gasteiger partial charge on any atom is -0.344 e. The number of ketones is 1. The topological polar surface area (TPSA) is 46.2 Å². The highest BCUT2D eigenvalue weighted by atomic mass is 79.9. The summed E-state index contributed by atoms with van der Waals surface area (Å²) in [5.41, 5.74) is 0. The lowest BCUT2D eigenvalue weighted by Gasteiger charge is -2.06. The summed E-state index contributed by atoms with van der Waals surface area (Å²) >= 11 is 2.92. The number of hydrogen-bond donors (Lipinski definition) is 1. The van der Waals surface area contributed by atoms with Crippen LogP contribution in [-0.4, -0.2) is 18.2 Å². The van der Waals surface area contributed by atoms with Gasteiger partial charge in [0.15, 0.2) is 5.78 Å². The third-order valence-corrected chi connectivity index (χ3v) is 1.52.